The predicted molar refractivity (Wildman–Crippen MR) is 146 cm³/mol. The Morgan fingerprint density at radius 1 is 1.00 bits per heavy atom. The van der Waals surface area contributed by atoms with E-state index in [1.54, 1.807) is 11.0 Å². The van der Waals surface area contributed by atoms with Gasteiger partial charge in [-0.05, 0) is 66.4 Å². The Morgan fingerprint density at radius 3 is 2.29 bits per heavy atom. The summed E-state index contributed by atoms with van der Waals surface area (Å²) in [5, 5.41) is 3.91. The molecule has 0 fully saturated rings. The lowest BCUT2D eigenvalue weighted by molar-refractivity contribution is -0.123. The van der Waals surface area contributed by atoms with Gasteiger partial charge in [0.15, 0.2) is 0 Å². The van der Waals surface area contributed by atoms with Crippen molar-refractivity contribution >= 4 is 41.1 Å². The Morgan fingerprint density at radius 2 is 1.66 bits per heavy atom. The highest BCUT2D eigenvalue weighted by molar-refractivity contribution is 7.98. The number of anilines is 1. The molecule has 184 valence electrons. The first-order valence-corrected chi connectivity index (χ1v) is 12.9. The first-order valence-electron chi connectivity index (χ1n) is 11.8. The van der Waals surface area contributed by atoms with Crippen LogP contribution in [0.3, 0.4) is 0 Å². The largest absolute Gasteiger partial charge is 0.309 e. The van der Waals surface area contributed by atoms with Gasteiger partial charge in [0.1, 0.15) is 6.54 Å². The van der Waals surface area contributed by atoms with Crippen molar-refractivity contribution in [3.63, 3.8) is 0 Å². The number of carbonyl (C=O) groups is 2. The third-order valence-corrected chi connectivity index (χ3v) is 6.93. The van der Waals surface area contributed by atoms with Crippen LogP contribution in [-0.2, 0) is 9.59 Å². The fourth-order valence-corrected chi connectivity index (χ4v) is 4.56. The van der Waals surface area contributed by atoms with Gasteiger partial charge < -0.3 is 10.2 Å². The molecule has 2 unspecified atom stereocenters. The third-order valence-electron chi connectivity index (χ3n) is 5.86. The monoisotopic (exact) mass is 509 g/mol. The summed E-state index contributed by atoms with van der Waals surface area (Å²) < 4.78 is 2.87. The number of nitrogens with zero attached hydrogens (tertiary/aromatic N) is 1. The number of hydrogen-bond acceptors (Lipinski definition) is 4. The lowest BCUT2D eigenvalue weighted by atomic mass is 9.96. The van der Waals surface area contributed by atoms with Crippen LogP contribution < -0.4 is 14.9 Å². The number of amides is 2. The van der Waals surface area contributed by atoms with Gasteiger partial charge in [-0.25, -0.2) is 0 Å². The molecule has 0 aliphatic carbocycles. The molecule has 0 saturated carbocycles. The standard InChI is InChI=1S/C28H32ClN3O2S/c1-4-20(2)17-27(34)32(19-26(33)31-35-23-13-9-6-10-14-23)25-16-15-22(29)18-24(25)28(30-3)21-11-7-5-8-12-21/h5-16,18,20,28,30H,4,17,19H2,1-3H3,(H,31,33). The Hall–Kier alpha value is -2.80. The molecule has 0 spiro atoms. The smallest absolute Gasteiger partial charge is 0.250 e. The predicted octanol–water partition coefficient (Wildman–Crippen LogP) is 6.24. The van der Waals surface area contributed by atoms with Gasteiger partial charge in [0.2, 0.25) is 11.8 Å². The van der Waals surface area contributed by atoms with E-state index in [4.69, 9.17) is 11.6 Å². The van der Waals surface area contributed by atoms with Crippen molar-refractivity contribution in [1.29, 1.82) is 0 Å². The second-order valence-corrected chi connectivity index (χ2v) is 9.79. The first-order chi connectivity index (χ1) is 16.9. The summed E-state index contributed by atoms with van der Waals surface area (Å²) in [5.41, 5.74) is 2.55. The van der Waals surface area contributed by atoms with Gasteiger partial charge in [0.25, 0.3) is 0 Å². The molecule has 0 bridgehead atoms. The van der Waals surface area contributed by atoms with Gasteiger partial charge in [-0.2, -0.15) is 0 Å². The summed E-state index contributed by atoms with van der Waals surface area (Å²) in [6.45, 7) is 4.02. The van der Waals surface area contributed by atoms with Gasteiger partial charge in [0.05, 0.1) is 6.04 Å². The summed E-state index contributed by atoms with van der Waals surface area (Å²) in [6.07, 6.45) is 1.24. The van der Waals surface area contributed by atoms with Crippen molar-refractivity contribution in [3.05, 3.63) is 95.0 Å². The summed E-state index contributed by atoms with van der Waals surface area (Å²) >= 11 is 7.65. The fourth-order valence-electron chi connectivity index (χ4n) is 3.79. The van der Waals surface area contributed by atoms with Gasteiger partial charge >= 0.3 is 0 Å². The van der Waals surface area contributed by atoms with Crippen molar-refractivity contribution in [3.8, 4) is 0 Å². The van der Waals surface area contributed by atoms with E-state index in [9.17, 15) is 9.59 Å². The normalized spacial score (nSPS) is 12.6. The molecule has 3 aromatic rings. The fraction of sp³-hybridized carbons (Fsp3) is 0.286. The van der Waals surface area contributed by atoms with Crippen molar-refractivity contribution in [2.24, 2.45) is 5.92 Å². The molecule has 3 rings (SSSR count). The minimum absolute atomic E-state index is 0.0883. The van der Waals surface area contributed by atoms with Crippen molar-refractivity contribution < 1.29 is 9.59 Å². The number of carbonyl (C=O) groups excluding carboxylic acids is 2. The Kier molecular flexibility index (Phi) is 10.2. The van der Waals surface area contributed by atoms with Crippen LogP contribution in [0.15, 0.2) is 83.8 Å². The summed E-state index contributed by atoms with van der Waals surface area (Å²) in [5.74, 6) is -0.139. The van der Waals surface area contributed by atoms with E-state index in [-0.39, 0.29) is 30.3 Å². The summed E-state index contributed by atoms with van der Waals surface area (Å²) in [6, 6.07) is 24.8. The van der Waals surface area contributed by atoms with Crippen molar-refractivity contribution in [2.45, 2.75) is 37.6 Å². The summed E-state index contributed by atoms with van der Waals surface area (Å²) in [7, 11) is 1.87. The van der Waals surface area contributed by atoms with Crippen LogP contribution in [-0.4, -0.2) is 25.4 Å². The number of halogens is 1. The average molecular weight is 510 g/mol. The zero-order valence-corrected chi connectivity index (χ0v) is 21.9. The quantitative estimate of drug-likeness (QED) is 0.300. The molecule has 3 aromatic carbocycles. The van der Waals surface area contributed by atoms with E-state index in [0.717, 1.165) is 22.4 Å². The zero-order valence-electron chi connectivity index (χ0n) is 20.3. The van der Waals surface area contributed by atoms with Crippen LogP contribution in [0.1, 0.15) is 43.9 Å². The van der Waals surface area contributed by atoms with E-state index in [1.165, 1.54) is 11.9 Å². The molecule has 0 saturated heterocycles. The molecule has 2 atom stereocenters. The number of rotatable bonds is 11. The van der Waals surface area contributed by atoms with Crippen molar-refractivity contribution in [2.75, 3.05) is 18.5 Å². The molecule has 0 radical (unpaired) electrons. The van der Waals surface area contributed by atoms with Crippen LogP contribution in [0.25, 0.3) is 0 Å². The number of hydrogen-bond donors (Lipinski definition) is 2. The minimum Gasteiger partial charge on any atom is -0.309 e. The maximum absolute atomic E-state index is 13.5. The van der Waals surface area contributed by atoms with E-state index in [1.807, 2.05) is 86.8 Å². The minimum atomic E-state index is -0.252. The highest BCUT2D eigenvalue weighted by Gasteiger charge is 2.26. The molecule has 5 nitrogen and oxygen atoms in total. The van der Waals surface area contributed by atoms with Crippen LogP contribution in [0, 0.1) is 5.92 Å². The summed E-state index contributed by atoms with van der Waals surface area (Å²) in [4.78, 5) is 29.0. The second kappa shape index (κ2) is 13.3. The van der Waals surface area contributed by atoms with Crippen LogP contribution in [0.2, 0.25) is 5.02 Å². The van der Waals surface area contributed by atoms with E-state index in [2.05, 4.69) is 17.0 Å². The molecule has 0 heterocycles. The van der Waals surface area contributed by atoms with Crippen LogP contribution in [0.4, 0.5) is 5.69 Å². The molecular formula is C28H32ClN3O2S. The highest BCUT2D eigenvalue weighted by atomic mass is 35.5. The SMILES string of the molecule is CCC(C)CC(=O)N(CC(=O)NSc1ccccc1)c1ccc(Cl)cc1C(NC)c1ccccc1. The highest BCUT2D eigenvalue weighted by Crippen LogP contribution is 2.34. The molecular weight excluding hydrogens is 478 g/mol. The Labute approximate surface area is 217 Å². The number of nitrogens with one attached hydrogen (secondary N) is 2. The number of benzene rings is 3. The van der Waals surface area contributed by atoms with Gasteiger partial charge in [-0.15, -0.1) is 0 Å². The van der Waals surface area contributed by atoms with Gasteiger partial charge in [-0.1, -0.05) is 80.4 Å². The van der Waals surface area contributed by atoms with Crippen LogP contribution >= 0.6 is 23.5 Å². The van der Waals surface area contributed by atoms with E-state index in [0.29, 0.717) is 17.1 Å². The first kappa shape index (κ1) is 26.8. The Bertz CT molecular complexity index is 1110. The maximum atomic E-state index is 13.5. The van der Waals surface area contributed by atoms with Gasteiger partial charge in [0, 0.05) is 22.0 Å². The lowest BCUT2D eigenvalue weighted by Gasteiger charge is -2.29. The second-order valence-electron chi connectivity index (χ2n) is 8.47. The maximum Gasteiger partial charge on any atom is 0.250 e. The molecule has 2 amide bonds. The molecule has 7 heteroatoms. The molecule has 0 aliphatic heterocycles. The van der Waals surface area contributed by atoms with Crippen molar-refractivity contribution in [1.82, 2.24) is 10.0 Å². The molecule has 35 heavy (non-hydrogen) atoms. The zero-order chi connectivity index (χ0) is 25.2. The average Bonchev–Trinajstić information content (AvgIpc) is 2.88. The molecule has 2 N–H and O–H groups in total. The topological polar surface area (TPSA) is 61.4 Å². The lowest BCUT2D eigenvalue weighted by Crippen LogP contribution is -2.40. The Balaban J connectivity index is 1.94. The van der Waals surface area contributed by atoms with Gasteiger partial charge in [-0.3, -0.25) is 14.3 Å². The molecule has 0 aromatic heterocycles. The van der Waals surface area contributed by atoms with E-state index >= 15 is 0 Å². The van der Waals surface area contributed by atoms with Crippen LogP contribution in [0.5, 0.6) is 0 Å². The third kappa shape index (κ3) is 7.59. The van der Waals surface area contributed by atoms with E-state index < -0.39 is 0 Å². The molecule has 0 aliphatic rings.